The van der Waals surface area contributed by atoms with E-state index < -0.39 is 28.8 Å². The lowest BCUT2D eigenvalue weighted by Gasteiger charge is -2.12. The highest BCUT2D eigenvalue weighted by atomic mass is 32.1. The molecular formula is C19H17FN4O3S. The Hall–Kier alpha value is -3.33. The number of anilines is 1. The maximum Gasteiger partial charge on any atom is 0.280 e. The van der Waals surface area contributed by atoms with Gasteiger partial charge in [0.05, 0.1) is 5.56 Å². The fourth-order valence-corrected chi connectivity index (χ4v) is 3.81. The lowest BCUT2D eigenvalue weighted by Crippen LogP contribution is -2.27. The predicted octanol–water partition coefficient (Wildman–Crippen LogP) is 2.71. The number of primary amides is 1. The number of carbonyl (C=O) groups excluding carboxylic acids is 2. The summed E-state index contributed by atoms with van der Waals surface area (Å²) in [5, 5.41) is 6.82. The Morgan fingerprint density at radius 3 is 2.54 bits per heavy atom. The van der Waals surface area contributed by atoms with Crippen LogP contribution < -0.4 is 16.5 Å². The Morgan fingerprint density at radius 2 is 1.89 bits per heavy atom. The number of amides is 2. The number of aromatic nitrogens is 2. The van der Waals surface area contributed by atoms with Gasteiger partial charge in [0.1, 0.15) is 16.5 Å². The minimum absolute atomic E-state index is 0.106. The number of aryl methyl sites for hydroxylation is 2. The number of benzene rings is 1. The van der Waals surface area contributed by atoms with Gasteiger partial charge in [0.15, 0.2) is 5.69 Å². The van der Waals surface area contributed by atoms with Gasteiger partial charge in [-0.1, -0.05) is 12.1 Å². The van der Waals surface area contributed by atoms with Crippen LogP contribution in [0.1, 0.15) is 37.0 Å². The molecule has 0 aliphatic heterocycles. The smallest absolute Gasteiger partial charge is 0.280 e. The molecule has 0 radical (unpaired) electrons. The number of nitrogens with zero attached hydrogens (tertiary/aromatic N) is 2. The van der Waals surface area contributed by atoms with Crippen LogP contribution in [-0.4, -0.2) is 21.6 Å². The highest BCUT2D eigenvalue weighted by molar-refractivity contribution is 7.16. The summed E-state index contributed by atoms with van der Waals surface area (Å²) in [5.74, 6) is -2.04. The van der Waals surface area contributed by atoms with Crippen LogP contribution in [0.3, 0.4) is 0 Å². The van der Waals surface area contributed by atoms with Crippen molar-refractivity contribution in [2.75, 3.05) is 5.32 Å². The summed E-state index contributed by atoms with van der Waals surface area (Å²) >= 11 is 1.17. The van der Waals surface area contributed by atoms with Crippen LogP contribution >= 0.6 is 11.3 Å². The molecule has 0 saturated heterocycles. The highest BCUT2D eigenvalue weighted by Crippen LogP contribution is 2.32. The van der Waals surface area contributed by atoms with Crippen molar-refractivity contribution in [3.05, 3.63) is 73.8 Å². The predicted molar refractivity (Wildman–Crippen MR) is 105 cm³/mol. The van der Waals surface area contributed by atoms with Gasteiger partial charge in [-0.05, 0) is 38.5 Å². The van der Waals surface area contributed by atoms with Gasteiger partial charge in [-0.15, -0.1) is 11.3 Å². The normalized spacial score (nSPS) is 10.7. The molecule has 144 valence electrons. The second-order valence-corrected chi connectivity index (χ2v) is 7.39. The molecule has 9 heteroatoms. The molecule has 0 saturated carbocycles. The van der Waals surface area contributed by atoms with Gasteiger partial charge in [0.2, 0.25) is 5.43 Å². The summed E-state index contributed by atoms with van der Waals surface area (Å²) in [5.41, 5.74) is 5.69. The quantitative estimate of drug-likeness (QED) is 0.702. The first-order valence-corrected chi connectivity index (χ1v) is 9.09. The zero-order valence-corrected chi connectivity index (χ0v) is 16.2. The van der Waals surface area contributed by atoms with E-state index in [1.807, 2.05) is 0 Å². The number of hydrogen-bond donors (Lipinski definition) is 2. The second kappa shape index (κ2) is 7.35. The number of thiophene rings is 1. The van der Waals surface area contributed by atoms with E-state index in [2.05, 4.69) is 10.4 Å². The molecule has 0 fully saturated rings. The summed E-state index contributed by atoms with van der Waals surface area (Å²) < 4.78 is 15.3. The number of carbonyl (C=O) groups is 2. The number of nitrogens with one attached hydrogen (secondary N) is 1. The molecule has 0 bridgehead atoms. The summed E-state index contributed by atoms with van der Waals surface area (Å²) in [6, 6.07) is 7.09. The van der Waals surface area contributed by atoms with Crippen LogP contribution in [0.5, 0.6) is 0 Å². The molecular weight excluding hydrogens is 383 g/mol. The third-order valence-corrected chi connectivity index (χ3v) is 5.38. The maximum absolute atomic E-state index is 14.1. The van der Waals surface area contributed by atoms with Gasteiger partial charge in [0.25, 0.3) is 11.8 Å². The molecule has 2 aromatic heterocycles. The first-order valence-electron chi connectivity index (χ1n) is 8.27. The Labute approximate surface area is 163 Å². The van der Waals surface area contributed by atoms with Crippen LogP contribution in [0.4, 0.5) is 9.39 Å². The van der Waals surface area contributed by atoms with Crippen LogP contribution in [0.2, 0.25) is 0 Å². The van der Waals surface area contributed by atoms with Crippen molar-refractivity contribution in [3.8, 4) is 5.69 Å². The molecule has 0 atom stereocenters. The van der Waals surface area contributed by atoms with Crippen LogP contribution in [0.15, 0.2) is 35.1 Å². The average Bonchev–Trinajstić information content (AvgIpc) is 2.89. The Kier molecular flexibility index (Phi) is 5.10. The minimum Gasteiger partial charge on any atom is -0.365 e. The molecule has 3 aromatic rings. The van der Waals surface area contributed by atoms with Crippen molar-refractivity contribution < 1.29 is 14.0 Å². The number of nitrogens with two attached hydrogens (primary N) is 1. The number of rotatable bonds is 4. The van der Waals surface area contributed by atoms with Crippen LogP contribution in [0, 0.1) is 26.6 Å². The van der Waals surface area contributed by atoms with E-state index in [-0.39, 0.29) is 16.3 Å². The second-order valence-electron chi connectivity index (χ2n) is 6.17. The summed E-state index contributed by atoms with van der Waals surface area (Å²) in [7, 11) is 0. The van der Waals surface area contributed by atoms with E-state index in [9.17, 15) is 18.8 Å². The van der Waals surface area contributed by atoms with Gasteiger partial charge in [0, 0.05) is 16.6 Å². The fourth-order valence-electron chi connectivity index (χ4n) is 2.75. The number of para-hydroxylation sites is 1. The van der Waals surface area contributed by atoms with Crippen LogP contribution in [0.25, 0.3) is 5.69 Å². The van der Waals surface area contributed by atoms with E-state index in [0.717, 1.165) is 4.88 Å². The van der Waals surface area contributed by atoms with Crippen molar-refractivity contribution in [1.82, 2.24) is 9.78 Å². The highest BCUT2D eigenvalue weighted by Gasteiger charge is 2.22. The number of hydrogen-bond acceptors (Lipinski definition) is 5. The first-order chi connectivity index (χ1) is 13.2. The van der Waals surface area contributed by atoms with E-state index in [1.54, 1.807) is 26.8 Å². The zero-order valence-electron chi connectivity index (χ0n) is 15.4. The van der Waals surface area contributed by atoms with Crippen LogP contribution in [-0.2, 0) is 0 Å². The molecule has 28 heavy (non-hydrogen) atoms. The van der Waals surface area contributed by atoms with Crippen molar-refractivity contribution in [3.63, 3.8) is 0 Å². The molecule has 0 spiro atoms. The van der Waals surface area contributed by atoms with Gasteiger partial charge < -0.3 is 11.1 Å². The van der Waals surface area contributed by atoms with Gasteiger partial charge >= 0.3 is 0 Å². The molecule has 2 amide bonds. The molecule has 3 rings (SSSR count). The third kappa shape index (κ3) is 3.44. The third-order valence-electron chi connectivity index (χ3n) is 4.26. The van der Waals surface area contributed by atoms with Gasteiger partial charge in [-0.2, -0.15) is 5.10 Å². The van der Waals surface area contributed by atoms with E-state index >= 15 is 0 Å². The molecule has 3 N–H and O–H groups in total. The van der Waals surface area contributed by atoms with E-state index in [1.165, 1.54) is 40.3 Å². The maximum atomic E-state index is 14.1. The molecule has 0 aliphatic carbocycles. The lowest BCUT2D eigenvalue weighted by atomic mass is 10.1. The largest absolute Gasteiger partial charge is 0.365 e. The number of halogens is 1. The molecule has 7 nitrogen and oxygen atoms in total. The summed E-state index contributed by atoms with van der Waals surface area (Å²) in [4.78, 5) is 37.5. The zero-order chi connectivity index (χ0) is 20.6. The summed E-state index contributed by atoms with van der Waals surface area (Å²) in [6.45, 7) is 5.09. The minimum atomic E-state index is -0.807. The fraction of sp³-hybridized carbons (Fsp3) is 0.158. The van der Waals surface area contributed by atoms with Crippen molar-refractivity contribution in [1.29, 1.82) is 0 Å². The Bertz CT molecular complexity index is 1170. The van der Waals surface area contributed by atoms with Crippen molar-refractivity contribution in [2.24, 2.45) is 5.73 Å². The van der Waals surface area contributed by atoms with Crippen molar-refractivity contribution >= 4 is 28.2 Å². The summed E-state index contributed by atoms with van der Waals surface area (Å²) in [6.07, 6.45) is 0. The first kappa shape index (κ1) is 19.4. The Balaban J connectivity index is 2.06. The standard InChI is InChI=1S/C19H17FN4O3S/c1-9-8-14(25)16(23-24(9)13-7-5-4-6-12(13)20)18(27)22-19-15(17(21)26)10(2)11(3)28-19/h4-8H,1-3H3,(H2,21,26)(H,22,27). The lowest BCUT2D eigenvalue weighted by molar-refractivity contribution is 0.100. The topological polar surface area (TPSA) is 107 Å². The monoisotopic (exact) mass is 400 g/mol. The Morgan fingerprint density at radius 1 is 1.21 bits per heavy atom. The molecule has 0 unspecified atom stereocenters. The SMILES string of the molecule is Cc1sc(NC(=O)c2nn(-c3ccccc3F)c(C)cc2=O)c(C(N)=O)c1C. The molecule has 2 heterocycles. The van der Waals surface area contributed by atoms with Gasteiger partial charge in [-0.25, -0.2) is 9.07 Å². The van der Waals surface area contributed by atoms with E-state index in [0.29, 0.717) is 11.3 Å². The molecule has 0 aliphatic rings. The molecule has 1 aromatic carbocycles. The van der Waals surface area contributed by atoms with Crippen molar-refractivity contribution in [2.45, 2.75) is 20.8 Å². The average molecular weight is 400 g/mol. The van der Waals surface area contributed by atoms with E-state index in [4.69, 9.17) is 5.73 Å². The van der Waals surface area contributed by atoms with Gasteiger partial charge in [-0.3, -0.25) is 14.4 Å².